The number of hydrogen-bond donors (Lipinski definition) is 1. The van der Waals surface area contributed by atoms with Crippen LogP contribution in [0.25, 0.3) is 0 Å². The molecule has 1 rings (SSSR count). The summed E-state index contributed by atoms with van der Waals surface area (Å²) in [5, 5.41) is 3.27. The van der Waals surface area contributed by atoms with Crippen molar-refractivity contribution in [1.29, 1.82) is 0 Å². The van der Waals surface area contributed by atoms with Crippen molar-refractivity contribution in [1.82, 2.24) is 5.32 Å². The van der Waals surface area contributed by atoms with Gasteiger partial charge in [-0.05, 0) is 19.1 Å². The second-order valence-electron chi connectivity index (χ2n) is 2.72. The molecule has 0 amide bonds. The fraction of sp³-hybridized carbons (Fsp3) is 0.273. The molecule has 0 unspecified atom stereocenters. The molecule has 0 radical (unpaired) electrons. The summed E-state index contributed by atoms with van der Waals surface area (Å²) < 4.78 is 5.30. The van der Waals surface area contributed by atoms with Crippen molar-refractivity contribution in [2.45, 2.75) is 13.0 Å². The molecular weight excluding hydrogens is 162 g/mol. The van der Waals surface area contributed by atoms with Gasteiger partial charge in [-0.25, -0.2) is 0 Å². The Labute approximate surface area is 79.0 Å². The van der Waals surface area contributed by atoms with Crippen LogP contribution in [0.5, 0.6) is 0 Å². The average Bonchev–Trinajstić information content (AvgIpc) is 2.65. The molecule has 1 aromatic heterocycles. The Balaban J connectivity index is 2.62. The highest BCUT2D eigenvalue weighted by atomic mass is 16.3. The van der Waals surface area contributed by atoms with Crippen LogP contribution in [-0.4, -0.2) is 6.54 Å². The average molecular weight is 177 g/mol. The first kappa shape index (κ1) is 9.81. The lowest BCUT2D eigenvalue weighted by Gasteiger charge is -2.10. The zero-order chi connectivity index (χ0) is 9.52. The minimum absolute atomic E-state index is 0.151. The summed E-state index contributed by atoms with van der Waals surface area (Å²) in [5.74, 6) is 0.931. The first-order valence-electron chi connectivity index (χ1n) is 4.39. The number of rotatable bonds is 5. The van der Waals surface area contributed by atoms with Crippen molar-refractivity contribution in [3.8, 4) is 0 Å². The molecular formula is C11H15NO. The first-order valence-corrected chi connectivity index (χ1v) is 4.39. The van der Waals surface area contributed by atoms with Gasteiger partial charge in [0.15, 0.2) is 0 Å². The normalized spacial score (nSPS) is 13.3. The molecule has 70 valence electrons. The van der Waals surface area contributed by atoms with Crippen LogP contribution in [0.15, 0.2) is 47.6 Å². The zero-order valence-corrected chi connectivity index (χ0v) is 7.86. The van der Waals surface area contributed by atoms with Crippen LogP contribution in [-0.2, 0) is 0 Å². The minimum atomic E-state index is 0.151. The van der Waals surface area contributed by atoms with E-state index in [0.717, 1.165) is 12.3 Å². The largest absolute Gasteiger partial charge is 0.467 e. The Morgan fingerprint density at radius 1 is 1.69 bits per heavy atom. The molecule has 0 fully saturated rings. The van der Waals surface area contributed by atoms with Gasteiger partial charge in [0.25, 0.3) is 0 Å². The van der Waals surface area contributed by atoms with E-state index >= 15 is 0 Å². The predicted molar refractivity (Wildman–Crippen MR) is 54.5 cm³/mol. The maximum atomic E-state index is 5.30. The third-order valence-corrected chi connectivity index (χ3v) is 1.72. The van der Waals surface area contributed by atoms with Gasteiger partial charge in [0.2, 0.25) is 0 Å². The summed E-state index contributed by atoms with van der Waals surface area (Å²) in [6.45, 7) is 6.42. The molecule has 0 saturated heterocycles. The SMILES string of the molecule is C=CCN[C@@H](/C=C/C)c1ccco1. The molecule has 2 nitrogen and oxygen atoms in total. The van der Waals surface area contributed by atoms with E-state index in [0.29, 0.717) is 0 Å². The summed E-state index contributed by atoms with van der Waals surface area (Å²) in [6, 6.07) is 4.00. The molecule has 0 aliphatic heterocycles. The van der Waals surface area contributed by atoms with Gasteiger partial charge in [0, 0.05) is 6.54 Å². The van der Waals surface area contributed by atoms with E-state index in [4.69, 9.17) is 4.42 Å². The van der Waals surface area contributed by atoms with E-state index in [2.05, 4.69) is 18.0 Å². The van der Waals surface area contributed by atoms with Crippen LogP contribution < -0.4 is 5.32 Å². The van der Waals surface area contributed by atoms with Crippen LogP contribution in [0, 0.1) is 0 Å². The molecule has 1 heterocycles. The molecule has 0 aromatic carbocycles. The highest BCUT2D eigenvalue weighted by Gasteiger charge is 2.07. The van der Waals surface area contributed by atoms with Crippen molar-refractivity contribution in [2.75, 3.05) is 6.54 Å². The van der Waals surface area contributed by atoms with Gasteiger partial charge >= 0.3 is 0 Å². The number of allylic oxidation sites excluding steroid dienone is 1. The number of nitrogens with one attached hydrogen (secondary N) is 1. The summed E-state index contributed by atoms with van der Waals surface area (Å²) in [7, 11) is 0. The van der Waals surface area contributed by atoms with Crippen LogP contribution in [0.4, 0.5) is 0 Å². The van der Waals surface area contributed by atoms with Crippen LogP contribution >= 0.6 is 0 Å². The van der Waals surface area contributed by atoms with E-state index in [1.54, 1.807) is 6.26 Å². The Bertz CT molecular complexity index is 262. The number of furan rings is 1. The highest BCUT2D eigenvalue weighted by molar-refractivity contribution is 5.11. The Morgan fingerprint density at radius 2 is 2.54 bits per heavy atom. The fourth-order valence-corrected chi connectivity index (χ4v) is 1.13. The van der Waals surface area contributed by atoms with E-state index in [9.17, 15) is 0 Å². The fourth-order valence-electron chi connectivity index (χ4n) is 1.13. The van der Waals surface area contributed by atoms with Gasteiger partial charge in [-0.15, -0.1) is 6.58 Å². The number of hydrogen-bond acceptors (Lipinski definition) is 2. The van der Waals surface area contributed by atoms with Gasteiger partial charge in [0.1, 0.15) is 5.76 Å². The molecule has 0 saturated carbocycles. The van der Waals surface area contributed by atoms with Gasteiger partial charge in [-0.3, -0.25) is 0 Å². The maximum absolute atomic E-state index is 5.30. The maximum Gasteiger partial charge on any atom is 0.124 e. The smallest absolute Gasteiger partial charge is 0.124 e. The molecule has 1 atom stereocenters. The molecule has 0 spiro atoms. The summed E-state index contributed by atoms with van der Waals surface area (Å²) in [5.41, 5.74) is 0. The second-order valence-corrected chi connectivity index (χ2v) is 2.72. The van der Waals surface area contributed by atoms with Gasteiger partial charge in [0.05, 0.1) is 12.3 Å². The zero-order valence-electron chi connectivity index (χ0n) is 7.86. The summed E-state index contributed by atoms with van der Waals surface area (Å²) >= 11 is 0. The molecule has 2 heteroatoms. The standard InChI is InChI=1S/C11H15NO/c1-3-6-10(12-8-4-2)11-7-5-9-13-11/h3-7,9-10,12H,2,8H2,1H3/b6-3+/t10-/m0/s1. The molecule has 1 N–H and O–H groups in total. The van der Waals surface area contributed by atoms with Crippen LogP contribution in [0.3, 0.4) is 0 Å². The van der Waals surface area contributed by atoms with Crippen molar-refractivity contribution < 1.29 is 4.42 Å². The third kappa shape index (κ3) is 2.92. The van der Waals surface area contributed by atoms with Crippen molar-refractivity contribution in [3.63, 3.8) is 0 Å². The van der Waals surface area contributed by atoms with Crippen LogP contribution in [0.2, 0.25) is 0 Å². The first-order chi connectivity index (χ1) is 6.38. The minimum Gasteiger partial charge on any atom is -0.467 e. The Hall–Kier alpha value is -1.28. The summed E-state index contributed by atoms with van der Waals surface area (Å²) in [6.07, 6.45) is 7.58. The van der Waals surface area contributed by atoms with Crippen molar-refractivity contribution >= 4 is 0 Å². The second kappa shape index (κ2) is 5.38. The lowest BCUT2D eigenvalue weighted by Crippen LogP contribution is -2.18. The molecule has 0 bridgehead atoms. The van der Waals surface area contributed by atoms with E-state index in [1.165, 1.54) is 0 Å². The molecule has 0 aliphatic rings. The highest BCUT2D eigenvalue weighted by Crippen LogP contribution is 2.14. The molecule has 13 heavy (non-hydrogen) atoms. The third-order valence-electron chi connectivity index (χ3n) is 1.72. The van der Waals surface area contributed by atoms with Crippen LogP contribution in [0.1, 0.15) is 18.7 Å². The monoisotopic (exact) mass is 177 g/mol. The topological polar surface area (TPSA) is 25.2 Å². The van der Waals surface area contributed by atoms with E-state index in [-0.39, 0.29) is 6.04 Å². The van der Waals surface area contributed by atoms with Gasteiger partial charge in [-0.1, -0.05) is 18.2 Å². The Morgan fingerprint density at radius 3 is 3.08 bits per heavy atom. The Kier molecular flexibility index (Phi) is 4.06. The van der Waals surface area contributed by atoms with E-state index in [1.807, 2.05) is 31.2 Å². The molecule has 0 aliphatic carbocycles. The lowest BCUT2D eigenvalue weighted by atomic mass is 10.2. The van der Waals surface area contributed by atoms with E-state index < -0.39 is 0 Å². The van der Waals surface area contributed by atoms with Gasteiger partial charge in [-0.2, -0.15) is 0 Å². The lowest BCUT2D eigenvalue weighted by molar-refractivity contribution is 0.462. The summed E-state index contributed by atoms with van der Waals surface area (Å²) in [4.78, 5) is 0. The van der Waals surface area contributed by atoms with Crippen molar-refractivity contribution in [2.24, 2.45) is 0 Å². The predicted octanol–water partition coefficient (Wildman–Crippen LogP) is 2.67. The molecule has 1 aromatic rings. The quantitative estimate of drug-likeness (QED) is 0.699. The van der Waals surface area contributed by atoms with Crippen molar-refractivity contribution in [3.05, 3.63) is 49.0 Å². The van der Waals surface area contributed by atoms with Gasteiger partial charge < -0.3 is 9.73 Å².